The maximum Gasteiger partial charge on any atom is 0.254 e. The first-order valence-corrected chi connectivity index (χ1v) is 9.70. The van der Waals surface area contributed by atoms with Crippen LogP contribution in [0.4, 0.5) is 0 Å². The van der Waals surface area contributed by atoms with E-state index in [1.54, 1.807) is 11.8 Å². The largest absolute Gasteiger partial charge is 0.481 e. The van der Waals surface area contributed by atoms with E-state index in [0.29, 0.717) is 26.2 Å². The Bertz CT molecular complexity index is 806. The van der Waals surface area contributed by atoms with Crippen LogP contribution >= 0.6 is 0 Å². The molecule has 1 aromatic heterocycles. The lowest BCUT2D eigenvalue weighted by Crippen LogP contribution is -2.48. The van der Waals surface area contributed by atoms with Crippen molar-refractivity contribution in [2.75, 3.05) is 20.2 Å². The zero-order chi connectivity index (χ0) is 20.3. The number of aromatic nitrogens is 2. The molecule has 1 aliphatic heterocycles. The van der Waals surface area contributed by atoms with Gasteiger partial charge in [0.15, 0.2) is 0 Å². The number of hydrogen-bond acceptors (Lipinski definition) is 5. The van der Waals surface area contributed by atoms with Crippen LogP contribution in [0.2, 0.25) is 0 Å². The molecular weight excluding hydrogens is 356 g/mol. The Labute approximate surface area is 166 Å². The molecule has 0 radical (unpaired) electrons. The molecule has 1 amide bonds. The van der Waals surface area contributed by atoms with E-state index in [2.05, 4.69) is 10.4 Å². The molecule has 1 aromatic carbocycles. The van der Waals surface area contributed by atoms with E-state index < -0.39 is 0 Å². The lowest BCUT2D eigenvalue weighted by molar-refractivity contribution is -0.0586. The third-order valence-electron chi connectivity index (χ3n) is 5.02. The zero-order valence-corrected chi connectivity index (χ0v) is 17.4. The van der Waals surface area contributed by atoms with Crippen LogP contribution in [0.5, 0.6) is 5.88 Å². The summed E-state index contributed by atoms with van der Waals surface area (Å²) in [5.41, 5.74) is 3.87. The maximum absolute atomic E-state index is 12.7. The van der Waals surface area contributed by atoms with Crippen molar-refractivity contribution < 1.29 is 14.3 Å². The van der Waals surface area contributed by atoms with E-state index >= 15 is 0 Å². The average Bonchev–Trinajstić information content (AvgIpc) is 2.93. The highest BCUT2D eigenvalue weighted by Crippen LogP contribution is 2.20. The first-order chi connectivity index (χ1) is 13.4. The molecule has 3 rings (SSSR count). The summed E-state index contributed by atoms with van der Waals surface area (Å²) in [6.07, 6.45) is 0.146. The maximum atomic E-state index is 12.7. The summed E-state index contributed by atoms with van der Waals surface area (Å²) in [4.78, 5) is 14.6. The Morgan fingerprint density at radius 2 is 1.86 bits per heavy atom. The van der Waals surface area contributed by atoms with Crippen molar-refractivity contribution in [2.24, 2.45) is 7.05 Å². The molecule has 0 spiro atoms. The summed E-state index contributed by atoms with van der Waals surface area (Å²) >= 11 is 0. The molecule has 28 heavy (non-hydrogen) atoms. The summed E-state index contributed by atoms with van der Waals surface area (Å²) in [6.45, 7) is 8.64. The molecule has 1 aliphatic rings. The number of carbonyl (C=O) groups is 1. The third kappa shape index (κ3) is 4.54. The van der Waals surface area contributed by atoms with Crippen molar-refractivity contribution in [3.63, 3.8) is 0 Å². The lowest BCUT2D eigenvalue weighted by Gasteiger charge is -2.35. The number of methoxy groups -OCH3 is 1. The van der Waals surface area contributed by atoms with Crippen LogP contribution in [0.3, 0.4) is 0 Å². The van der Waals surface area contributed by atoms with Crippen molar-refractivity contribution in [1.29, 1.82) is 0 Å². The van der Waals surface area contributed by atoms with E-state index in [-0.39, 0.29) is 18.1 Å². The molecule has 0 unspecified atom stereocenters. The monoisotopic (exact) mass is 386 g/mol. The topological polar surface area (TPSA) is 68.6 Å². The molecule has 2 heterocycles. The van der Waals surface area contributed by atoms with Crippen molar-refractivity contribution in [3.8, 4) is 5.88 Å². The van der Waals surface area contributed by atoms with Crippen LogP contribution in [0.25, 0.3) is 0 Å². The van der Waals surface area contributed by atoms with Gasteiger partial charge >= 0.3 is 0 Å². The minimum Gasteiger partial charge on any atom is -0.481 e. The van der Waals surface area contributed by atoms with E-state index in [1.807, 2.05) is 57.0 Å². The molecular formula is C21H30N4O3. The van der Waals surface area contributed by atoms with Crippen LogP contribution in [-0.2, 0) is 24.9 Å². The summed E-state index contributed by atoms with van der Waals surface area (Å²) in [5, 5.41) is 7.82. The first-order valence-electron chi connectivity index (χ1n) is 9.70. The normalized spacial score (nSPS) is 19.7. The molecule has 1 saturated heterocycles. The van der Waals surface area contributed by atoms with Gasteiger partial charge in [-0.3, -0.25) is 4.79 Å². The fraction of sp³-hybridized carbons (Fsp3) is 0.524. The second kappa shape index (κ2) is 8.75. The summed E-state index contributed by atoms with van der Waals surface area (Å²) in [6, 6.07) is 7.81. The quantitative estimate of drug-likeness (QED) is 0.825. The fourth-order valence-electron chi connectivity index (χ4n) is 3.76. The van der Waals surface area contributed by atoms with Gasteiger partial charge in [-0.1, -0.05) is 12.1 Å². The molecule has 1 N–H and O–H groups in total. The number of aryl methyl sites for hydroxylation is 2. The van der Waals surface area contributed by atoms with Crippen molar-refractivity contribution in [2.45, 2.75) is 46.1 Å². The van der Waals surface area contributed by atoms with Crippen LogP contribution in [0.15, 0.2) is 24.3 Å². The van der Waals surface area contributed by atoms with Gasteiger partial charge < -0.3 is 19.7 Å². The number of hydrogen-bond donors (Lipinski definition) is 1. The van der Waals surface area contributed by atoms with Gasteiger partial charge in [-0.05, 0) is 38.5 Å². The lowest BCUT2D eigenvalue weighted by atomic mass is 10.1. The number of benzene rings is 1. The first kappa shape index (κ1) is 20.4. The zero-order valence-electron chi connectivity index (χ0n) is 17.4. The van der Waals surface area contributed by atoms with Crippen LogP contribution in [0, 0.1) is 6.92 Å². The van der Waals surface area contributed by atoms with E-state index in [4.69, 9.17) is 9.47 Å². The van der Waals surface area contributed by atoms with Gasteiger partial charge in [0, 0.05) is 38.8 Å². The summed E-state index contributed by atoms with van der Waals surface area (Å²) < 4.78 is 12.9. The predicted octanol–water partition coefficient (Wildman–Crippen LogP) is 2.28. The van der Waals surface area contributed by atoms with Gasteiger partial charge in [0.2, 0.25) is 5.88 Å². The fourth-order valence-corrected chi connectivity index (χ4v) is 3.76. The highest BCUT2D eigenvalue weighted by Gasteiger charge is 2.26. The Balaban J connectivity index is 1.57. The van der Waals surface area contributed by atoms with Crippen molar-refractivity contribution in [3.05, 3.63) is 46.6 Å². The smallest absolute Gasteiger partial charge is 0.254 e. The predicted molar refractivity (Wildman–Crippen MR) is 107 cm³/mol. The van der Waals surface area contributed by atoms with E-state index in [0.717, 1.165) is 28.3 Å². The molecule has 152 valence electrons. The van der Waals surface area contributed by atoms with Gasteiger partial charge in [-0.15, -0.1) is 0 Å². The molecule has 0 aliphatic carbocycles. The second-order valence-corrected chi connectivity index (χ2v) is 7.46. The van der Waals surface area contributed by atoms with E-state index in [1.165, 1.54) is 0 Å². The van der Waals surface area contributed by atoms with Gasteiger partial charge in [-0.25, -0.2) is 4.68 Å². The standard InChI is InChI=1S/C21H30N4O3/c1-14-12-25(13-15(2)28-14)20(26)18-8-6-17(7-9-18)10-22-11-19-16(3)23-24(4)21(19)27-5/h6-9,14-15,22H,10-13H2,1-5H3/t14-,15-/m0/s1. The van der Waals surface area contributed by atoms with Crippen LogP contribution in [-0.4, -0.2) is 53.0 Å². The Morgan fingerprint density at radius 1 is 1.21 bits per heavy atom. The van der Waals surface area contributed by atoms with Gasteiger partial charge in [0.25, 0.3) is 5.91 Å². The SMILES string of the molecule is COc1c(CNCc2ccc(C(=O)N3C[C@H](C)O[C@@H](C)C3)cc2)c(C)nn1C. The van der Waals surface area contributed by atoms with Crippen LogP contribution in [0.1, 0.15) is 41.0 Å². The van der Waals surface area contributed by atoms with Gasteiger partial charge in [-0.2, -0.15) is 5.10 Å². The van der Waals surface area contributed by atoms with Gasteiger partial charge in [0.1, 0.15) is 0 Å². The highest BCUT2D eigenvalue weighted by atomic mass is 16.5. The summed E-state index contributed by atoms with van der Waals surface area (Å²) in [7, 11) is 3.53. The molecule has 0 saturated carbocycles. The van der Waals surface area contributed by atoms with E-state index in [9.17, 15) is 4.79 Å². The average molecular weight is 386 g/mol. The number of nitrogens with zero attached hydrogens (tertiary/aromatic N) is 3. The minimum absolute atomic E-state index is 0.0669. The van der Waals surface area contributed by atoms with Gasteiger partial charge in [0.05, 0.1) is 30.6 Å². The van der Waals surface area contributed by atoms with Crippen molar-refractivity contribution in [1.82, 2.24) is 20.0 Å². The number of ether oxygens (including phenoxy) is 2. The number of morpholine rings is 1. The highest BCUT2D eigenvalue weighted by molar-refractivity contribution is 5.94. The Kier molecular flexibility index (Phi) is 6.36. The minimum atomic E-state index is 0.0669. The Hall–Kier alpha value is -2.38. The second-order valence-electron chi connectivity index (χ2n) is 7.46. The van der Waals surface area contributed by atoms with Crippen molar-refractivity contribution >= 4 is 5.91 Å². The molecule has 2 aromatic rings. The summed E-state index contributed by atoms with van der Waals surface area (Å²) in [5.74, 6) is 0.845. The molecule has 7 heteroatoms. The third-order valence-corrected chi connectivity index (χ3v) is 5.02. The molecule has 0 bridgehead atoms. The number of carbonyl (C=O) groups excluding carboxylic acids is 1. The Morgan fingerprint density at radius 3 is 2.46 bits per heavy atom. The van der Waals surface area contributed by atoms with Crippen LogP contribution < -0.4 is 10.1 Å². The number of nitrogens with one attached hydrogen (secondary N) is 1. The number of amides is 1. The molecule has 2 atom stereocenters. The number of rotatable bonds is 6. The molecule has 7 nitrogen and oxygen atoms in total. The molecule has 1 fully saturated rings.